The minimum absolute atomic E-state index is 0.298. The number of fused-ring (bicyclic) bond motifs is 1. The van der Waals surface area contributed by atoms with Crippen molar-refractivity contribution in [2.75, 3.05) is 12.4 Å². The van der Waals surface area contributed by atoms with Crippen molar-refractivity contribution in [1.29, 1.82) is 0 Å². The van der Waals surface area contributed by atoms with Crippen LogP contribution in [0.25, 0.3) is 10.8 Å². The Bertz CT molecular complexity index is 991. The molecular formula is C22H21NO4. The minimum atomic E-state index is -0.711. The number of methoxy groups -OCH3 is 1. The van der Waals surface area contributed by atoms with Crippen molar-refractivity contribution in [2.45, 2.75) is 20.0 Å². The van der Waals surface area contributed by atoms with Gasteiger partial charge in [0.25, 0.3) is 5.91 Å². The fourth-order valence-corrected chi connectivity index (χ4v) is 2.78. The molecule has 1 atom stereocenters. The number of nitrogens with one attached hydrogen (secondary N) is 1. The van der Waals surface area contributed by atoms with Gasteiger partial charge in [0.1, 0.15) is 5.75 Å². The van der Waals surface area contributed by atoms with Gasteiger partial charge in [-0.25, -0.2) is 4.79 Å². The van der Waals surface area contributed by atoms with Crippen LogP contribution in [0.15, 0.2) is 60.7 Å². The lowest BCUT2D eigenvalue weighted by Gasteiger charge is -2.17. The molecule has 0 radical (unpaired) electrons. The van der Waals surface area contributed by atoms with Crippen LogP contribution in [0, 0.1) is 6.92 Å². The van der Waals surface area contributed by atoms with Crippen molar-refractivity contribution in [2.24, 2.45) is 0 Å². The van der Waals surface area contributed by atoms with E-state index in [0.29, 0.717) is 17.0 Å². The summed E-state index contributed by atoms with van der Waals surface area (Å²) in [6.07, 6.45) is -0.711. The number of benzene rings is 3. The van der Waals surface area contributed by atoms with Crippen molar-refractivity contribution < 1.29 is 19.1 Å². The standard InChI is InChI=1S/C22H21NO4/c1-14-11-12-17(22(25)26-3)13-19(14)23-21(24)15(2)27-20-10-6-8-16-7-4-5-9-18(16)20/h4-13,15H,1-3H3,(H,23,24). The molecule has 0 aromatic heterocycles. The highest BCUT2D eigenvalue weighted by atomic mass is 16.5. The van der Waals surface area contributed by atoms with Gasteiger partial charge in [-0.15, -0.1) is 0 Å². The second-order valence-corrected chi connectivity index (χ2v) is 6.25. The summed E-state index contributed by atoms with van der Waals surface area (Å²) < 4.78 is 10.6. The van der Waals surface area contributed by atoms with Crippen LogP contribution in [0.3, 0.4) is 0 Å². The fraction of sp³-hybridized carbons (Fsp3) is 0.182. The molecule has 5 heteroatoms. The van der Waals surface area contributed by atoms with Gasteiger partial charge < -0.3 is 14.8 Å². The van der Waals surface area contributed by atoms with Gasteiger partial charge in [-0.1, -0.05) is 42.5 Å². The van der Waals surface area contributed by atoms with Gasteiger partial charge in [-0.05, 0) is 43.0 Å². The second-order valence-electron chi connectivity index (χ2n) is 6.25. The molecule has 0 aliphatic rings. The first-order valence-electron chi connectivity index (χ1n) is 8.64. The number of hydrogen-bond acceptors (Lipinski definition) is 4. The molecule has 0 spiro atoms. The van der Waals surface area contributed by atoms with E-state index in [4.69, 9.17) is 9.47 Å². The van der Waals surface area contributed by atoms with Crippen LogP contribution < -0.4 is 10.1 Å². The van der Waals surface area contributed by atoms with Crippen LogP contribution in [0.4, 0.5) is 5.69 Å². The number of aryl methyl sites for hydroxylation is 1. The molecule has 1 N–H and O–H groups in total. The summed E-state index contributed by atoms with van der Waals surface area (Å²) in [6, 6.07) is 18.6. The van der Waals surface area contributed by atoms with Gasteiger partial charge in [0.05, 0.1) is 12.7 Å². The van der Waals surface area contributed by atoms with E-state index in [2.05, 4.69) is 5.32 Å². The maximum Gasteiger partial charge on any atom is 0.337 e. The third kappa shape index (κ3) is 4.08. The molecule has 0 aliphatic carbocycles. The summed E-state index contributed by atoms with van der Waals surface area (Å²) in [5, 5.41) is 4.82. The lowest BCUT2D eigenvalue weighted by Crippen LogP contribution is -2.30. The zero-order valence-electron chi connectivity index (χ0n) is 15.5. The van der Waals surface area contributed by atoms with Crippen molar-refractivity contribution in [3.05, 3.63) is 71.8 Å². The van der Waals surface area contributed by atoms with Crippen LogP contribution in [-0.4, -0.2) is 25.1 Å². The highest BCUT2D eigenvalue weighted by Crippen LogP contribution is 2.26. The molecule has 3 rings (SSSR count). The van der Waals surface area contributed by atoms with Crippen molar-refractivity contribution >= 4 is 28.3 Å². The van der Waals surface area contributed by atoms with Gasteiger partial charge >= 0.3 is 5.97 Å². The Morgan fingerprint density at radius 1 is 1.00 bits per heavy atom. The largest absolute Gasteiger partial charge is 0.480 e. The molecule has 1 unspecified atom stereocenters. The molecule has 27 heavy (non-hydrogen) atoms. The predicted molar refractivity (Wildman–Crippen MR) is 105 cm³/mol. The summed E-state index contributed by atoms with van der Waals surface area (Å²) in [7, 11) is 1.32. The lowest BCUT2D eigenvalue weighted by atomic mass is 10.1. The predicted octanol–water partition coefficient (Wildman–Crippen LogP) is 4.34. The molecule has 5 nitrogen and oxygen atoms in total. The first-order valence-corrected chi connectivity index (χ1v) is 8.64. The summed E-state index contributed by atoms with van der Waals surface area (Å²) in [5.74, 6) is -0.102. The van der Waals surface area contributed by atoms with Crippen LogP contribution in [-0.2, 0) is 9.53 Å². The van der Waals surface area contributed by atoms with E-state index in [1.54, 1.807) is 25.1 Å². The first-order chi connectivity index (χ1) is 13.0. The lowest BCUT2D eigenvalue weighted by molar-refractivity contribution is -0.122. The molecule has 0 heterocycles. The SMILES string of the molecule is COC(=O)c1ccc(C)c(NC(=O)C(C)Oc2cccc3ccccc23)c1. The van der Waals surface area contributed by atoms with Crippen molar-refractivity contribution in [3.63, 3.8) is 0 Å². The quantitative estimate of drug-likeness (QED) is 0.685. The molecule has 0 fully saturated rings. The summed E-state index contributed by atoms with van der Waals surface area (Å²) in [4.78, 5) is 24.3. The molecule has 1 amide bonds. The van der Waals surface area contributed by atoms with Crippen LogP contribution in [0.5, 0.6) is 5.75 Å². The van der Waals surface area contributed by atoms with E-state index in [-0.39, 0.29) is 5.91 Å². The Morgan fingerprint density at radius 3 is 2.52 bits per heavy atom. The van der Waals surface area contributed by atoms with Crippen molar-refractivity contribution in [3.8, 4) is 5.75 Å². The van der Waals surface area contributed by atoms with E-state index >= 15 is 0 Å². The summed E-state index contributed by atoms with van der Waals surface area (Å²) >= 11 is 0. The number of anilines is 1. The Hall–Kier alpha value is -3.34. The number of ether oxygens (including phenoxy) is 2. The number of rotatable bonds is 5. The average molecular weight is 363 g/mol. The van der Waals surface area contributed by atoms with E-state index in [9.17, 15) is 9.59 Å². The van der Waals surface area contributed by atoms with Crippen LogP contribution >= 0.6 is 0 Å². The normalized spacial score (nSPS) is 11.7. The minimum Gasteiger partial charge on any atom is -0.480 e. The van der Waals surface area contributed by atoms with Gasteiger partial charge in [-0.3, -0.25) is 4.79 Å². The number of hydrogen-bond donors (Lipinski definition) is 1. The number of carbonyl (C=O) groups excluding carboxylic acids is 2. The smallest absolute Gasteiger partial charge is 0.337 e. The Morgan fingerprint density at radius 2 is 1.74 bits per heavy atom. The Kier molecular flexibility index (Phi) is 5.41. The van der Waals surface area contributed by atoms with Crippen LogP contribution in [0.2, 0.25) is 0 Å². The van der Waals surface area contributed by atoms with E-state index in [1.165, 1.54) is 7.11 Å². The average Bonchev–Trinajstić information content (AvgIpc) is 2.69. The van der Waals surface area contributed by atoms with Gasteiger partial charge in [0, 0.05) is 11.1 Å². The second kappa shape index (κ2) is 7.91. The Balaban J connectivity index is 1.77. The molecule has 138 valence electrons. The van der Waals surface area contributed by atoms with Gasteiger partial charge in [-0.2, -0.15) is 0 Å². The van der Waals surface area contributed by atoms with E-state index in [1.807, 2.05) is 49.4 Å². The fourth-order valence-electron chi connectivity index (χ4n) is 2.78. The Labute approximate surface area is 157 Å². The molecule has 0 bridgehead atoms. The van der Waals surface area contributed by atoms with Gasteiger partial charge in [0.15, 0.2) is 6.10 Å². The first kappa shape index (κ1) is 18.5. The summed E-state index contributed by atoms with van der Waals surface area (Å²) in [6.45, 7) is 3.55. The zero-order valence-corrected chi connectivity index (χ0v) is 15.5. The monoisotopic (exact) mass is 363 g/mol. The maximum atomic E-state index is 12.6. The zero-order chi connectivity index (χ0) is 19.4. The molecule has 0 saturated carbocycles. The van der Waals surface area contributed by atoms with E-state index < -0.39 is 12.1 Å². The number of esters is 1. The molecular weight excluding hydrogens is 342 g/mol. The highest BCUT2D eigenvalue weighted by Gasteiger charge is 2.18. The third-order valence-corrected chi connectivity index (χ3v) is 4.34. The molecule has 3 aromatic rings. The van der Waals surface area contributed by atoms with Crippen LogP contribution in [0.1, 0.15) is 22.8 Å². The molecule has 3 aromatic carbocycles. The highest BCUT2D eigenvalue weighted by molar-refractivity contribution is 5.97. The number of carbonyl (C=O) groups is 2. The maximum absolute atomic E-state index is 12.6. The van der Waals surface area contributed by atoms with E-state index in [0.717, 1.165) is 16.3 Å². The summed E-state index contributed by atoms with van der Waals surface area (Å²) in [5.41, 5.74) is 1.77. The number of amides is 1. The van der Waals surface area contributed by atoms with Crippen molar-refractivity contribution in [1.82, 2.24) is 0 Å². The van der Waals surface area contributed by atoms with Gasteiger partial charge in [0.2, 0.25) is 0 Å². The third-order valence-electron chi connectivity index (χ3n) is 4.34. The molecule has 0 saturated heterocycles. The molecule has 0 aliphatic heterocycles. The topological polar surface area (TPSA) is 64.6 Å².